The third-order valence-corrected chi connectivity index (χ3v) is 8.22. The first-order valence-electron chi connectivity index (χ1n) is 11.0. The summed E-state index contributed by atoms with van der Waals surface area (Å²) in [7, 11) is 0. The highest BCUT2D eigenvalue weighted by Gasteiger charge is 2.40. The fourth-order valence-electron chi connectivity index (χ4n) is 5.34. The molecule has 1 heterocycles. The van der Waals surface area contributed by atoms with E-state index in [1.54, 1.807) is 11.8 Å². The molecule has 2 aromatic rings. The van der Waals surface area contributed by atoms with Crippen molar-refractivity contribution >= 4 is 23.6 Å². The molecule has 3 fully saturated rings. The van der Waals surface area contributed by atoms with Crippen LogP contribution in [0.2, 0.25) is 0 Å². The third kappa shape index (κ3) is 4.00. The molecule has 2 amide bonds. The first kappa shape index (κ1) is 19.7. The normalized spacial score (nSPS) is 27.6. The number of nitrogens with zero attached hydrogens (tertiary/aromatic N) is 1. The van der Waals surface area contributed by atoms with Crippen LogP contribution < -0.4 is 5.32 Å². The van der Waals surface area contributed by atoms with Crippen molar-refractivity contribution in [2.24, 2.45) is 11.8 Å². The zero-order valence-electron chi connectivity index (χ0n) is 17.1. The lowest BCUT2D eigenvalue weighted by molar-refractivity contribution is -0.128. The Balaban J connectivity index is 1.22. The Morgan fingerprint density at radius 3 is 2.53 bits per heavy atom. The molecule has 0 spiro atoms. The molecule has 4 atom stereocenters. The molecular weight excluding hydrogens is 392 g/mol. The molecule has 2 aromatic carbocycles. The van der Waals surface area contributed by atoms with Crippen LogP contribution >= 0.6 is 11.8 Å². The molecule has 0 aromatic heterocycles. The molecule has 1 saturated heterocycles. The monoisotopic (exact) mass is 420 g/mol. The van der Waals surface area contributed by atoms with Gasteiger partial charge in [-0.3, -0.25) is 9.59 Å². The van der Waals surface area contributed by atoms with E-state index in [0.29, 0.717) is 29.8 Å². The molecule has 156 valence electrons. The predicted octanol–water partition coefficient (Wildman–Crippen LogP) is 4.42. The fourth-order valence-corrected chi connectivity index (χ4v) is 6.56. The molecule has 0 radical (unpaired) electrons. The van der Waals surface area contributed by atoms with Crippen molar-refractivity contribution in [1.82, 2.24) is 10.2 Å². The van der Waals surface area contributed by atoms with E-state index >= 15 is 0 Å². The van der Waals surface area contributed by atoms with Crippen molar-refractivity contribution in [3.63, 3.8) is 0 Å². The maximum Gasteiger partial charge on any atom is 0.251 e. The van der Waals surface area contributed by atoms with Gasteiger partial charge in [0.15, 0.2) is 0 Å². The molecule has 30 heavy (non-hydrogen) atoms. The van der Waals surface area contributed by atoms with Crippen LogP contribution in [0.5, 0.6) is 0 Å². The molecule has 4 nitrogen and oxygen atoms in total. The van der Waals surface area contributed by atoms with E-state index < -0.39 is 0 Å². The van der Waals surface area contributed by atoms with Gasteiger partial charge < -0.3 is 10.2 Å². The fraction of sp³-hybridized carbons (Fsp3) is 0.440. The smallest absolute Gasteiger partial charge is 0.251 e. The van der Waals surface area contributed by atoms with Crippen LogP contribution in [0.25, 0.3) is 0 Å². The van der Waals surface area contributed by atoms with Gasteiger partial charge in [0.25, 0.3) is 5.91 Å². The topological polar surface area (TPSA) is 49.4 Å². The maximum absolute atomic E-state index is 12.7. The Bertz CT molecular complexity index is 915. The summed E-state index contributed by atoms with van der Waals surface area (Å²) >= 11 is 1.67. The number of thioether (sulfide) groups is 1. The zero-order chi connectivity index (χ0) is 20.5. The Labute approximate surface area is 182 Å². The van der Waals surface area contributed by atoms with Gasteiger partial charge in [0.05, 0.1) is 5.75 Å². The standard InChI is InChI=1S/C25H28N2O2S/c28-23-16-30-25(27(23)13-12-17-4-2-1-3-5-17)20-10-8-19(9-11-20)24(29)26-22-15-18-6-7-21(22)14-18/h1-5,8-11,18,21-22,25H,6-7,12-16H2,(H,26,29)/t18-,21-,22-,25+/m1/s1. The summed E-state index contributed by atoms with van der Waals surface area (Å²) in [5.74, 6) is 2.25. The van der Waals surface area contributed by atoms with E-state index in [2.05, 4.69) is 17.4 Å². The maximum atomic E-state index is 12.7. The summed E-state index contributed by atoms with van der Waals surface area (Å²) in [6.45, 7) is 0.715. The van der Waals surface area contributed by atoms with Crippen LogP contribution in [0.1, 0.15) is 52.5 Å². The lowest BCUT2D eigenvalue weighted by Gasteiger charge is -2.25. The van der Waals surface area contributed by atoms with E-state index in [1.807, 2.05) is 47.4 Å². The highest BCUT2D eigenvalue weighted by atomic mass is 32.2. The zero-order valence-corrected chi connectivity index (χ0v) is 17.9. The van der Waals surface area contributed by atoms with Crippen LogP contribution in [-0.4, -0.2) is 35.1 Å². The number of carbonyl (C=O) groups is 2. The minimum atomic E-state index is 0.0314. The second-order valence-electron chi connectivity index (χ2n) is 8.86. The van der Waals surface area contributed by atoms with E-state index in [4.69, 9.17) is 0 Å². The highest BCUT2D eigenvalue weighted by Crippen LogP contribution is 2.44. The number of hydrogen-bond acceptors (Lipinski definition) is 3. The number of nitrogens with one attached hydrogen (secondary N) is 1. The van der Waals surface area contributed by atoms with E-state index in [-0.39, 0.29) is 17.2 Å². The molecule has 5 rings (SSSR count). The molecule has 2 aliphatic carbocycles. The summed E-state index contributed by atoms with van der Waals surface area (Å²) < 4.78 is 0. The van der Waals surface area contributed by atoms with Crippen LogP contribution in [-0.2, 0) is 11.2 Å². The second-order valence-corrected chi connectivity index (χ2v) is 9.93. The van der Waals surface area contributed by atoms with E-state index in [0.717, 1.165) is 24.3 Å². The minimum absolute atomic E-state index is 0.0314. The van der Waals surface area contributed by atoms with Crippen LogP contribution in [0.15, 0.2) is 54.6 Å². The molecular formula is C25H28N2O2S. The van der Waals surface area contributed by atoms with Gasteiger partial charge >= 0.3 is 0 Å². The number of carbonyl (C=O) groups excluding carboxylic acids is 2. The number of hydrogen-bond donors (Lipinski definition) is 1. The summed E-state index contributed by atoms with van der Waals surface area (Å²) in [5, 5.41) is 3.29. The molecule has 2 bridgehead atoms. The van der Waals surface area contributed by atoms with Crippen molar-refractivity contribution in [2.75, 3.05) is 12.3 Å². The predicted molar refractivity (Wildman–Crippen MR) is 120 cm³/mol. The summed E-state index contributed by atoms with van der Waals surface area (Å²) in [6.07, 6.45) is 5.89. The van der Waals surface area contributed by atoms with Gasteiger partial charge in [-0.15, -0.1) is 11.8 Å². The van der Waals surface area contributed by atoms with E-state index in [1.165, 1.54) is 24.8 Å². The first-order chi connectivity index (χ1) is 14.7. The Hall–Kier alpha value is -2.27. The number of benzene rings is 2. The van der Waals surface area contributed by atoms with Crippen molar-refractivity contribution in [1.29, 1.82) is 0 Å². The van der Waals surface area contributed by atoms with Crippen molar-refractivity contribution in [3.8, 4) is 0 Å². The molecule has 1 N–H and O–H groups in total. The Morgan fingerprint density at radius 1 is 1.03 bits per heavy atom. The van der Waals surface area contributed by atoms with Gasteiger partial charge in [0.1, 0.15) is 5.37 Å². The van der Waals surface area contributed by atoms with Gasteiger partial charge in [-0.1, -0.05) is 48.9 Å². The summed E-state index contributed by atoms with van der Waals surface area (Å²) in [5.41, 5.74) is 3.05. The third-order valence-electron chi connectivity index (χ3n) is 6.96. The summed E-state index contributed by atoms with van der Waals surface area (Å²) in [6, 6.07) is 18.5. The van der Waals surface area contributed by atoms with Crippen LogP contribution in [0.3, 0.4) is 0 Å². The molecule has 1 aliphatic heterocycles. The van der Waals surface area contributed by atoms with Gasteiger partial charge in [0, 0.05) is 18.2 Å². The second kappa shape index (κ2) is 8.46. The number of fused-ring (bicyclic) bond motifs is 2. The first-order valence-corrected chi connectivity index (χ1v) is 12.1. The Kier molecular flexibility index (Phi) is 5.55. The average molecular weight is 421 g/mol. The molecule has 3 aliphatic rings. The number of rotatable bonds is 6. The van der Waals surface area contributed by atoms with Crippen molar-refractivity contribution in [2.45, 2.75) is 43.5 Å². The molecule has 2 saturated carbocycles. The lowest BCUT2D eigenvalue weighted by atomic mass is 9.95. The minimum Gasteiger partial charge on any atom is -0.349 e. The van der Waals surface area contributed by atoms with Crippen molar-refractivity contribution < 1.29 is 9.59 Å². The van der Waals surface area contributed by atoms with E-state index in [9.17, 15) is 9.59 Å². The highest BCUT2D eigenvalue weighted by molar-refractivity contribution is 8.00. The average Bonchev–Trinajstić information content (AvgIpc) is 3.49. The largest absolute Gasteiger partial charge is 0.349 e. The molecule has 5 heteroatoms. The van der Waals surface area contributed by atoms with Crippen LogP contribution in [0.4, 0.5) is 0 Å². The molecule has 0 unspecified atom stereocenters. The van der Waals surface area contributed by atoms with Gasteiger partial charge in [-0.25, -0.2) is 0 Å². The SMILES string of the molecule is O=C(N[C@@H]1C[C@@H]2CC[C@@H]1C2)c1ccc([C@@H]2SCC(=O)N2CCc2ccccc2)cc1. The summed E-state index contributed by atoms with van der Waals surface area (Å²) in [4.78, 5) is 27.1. The van der Waals surface area contributed by atoms with Gasteiger partial charge in [-0.05, 0) is 60.8 Å². The van der Waals surface area contributed by atoms with Crippen molar-refractivity contribution in [3.05, 3.63) is 71.3 Å². The quantitative estimate of drug-likeness (QED) is 0.753. The van der Waals surface area contributed by atoms with Gasteiger partial charge in [0.2, 0.25) is 5.91 Å². The van der Waals surface area contributed by atoms with Gasteiger partial charge in [-0.2, -0.15) is 0 Å². The lowest BCUT2D eigenvalue weighted by Crippen LogP contribution is -2.38. The van der Waals surface area contributed by atoms with Crippen LogP contribution in [0, 0.1) is 11.8 Å². The number of amides is 2. The Morgan fingerprint density at radius 2 is 1.83 bits per heavy atom.